The number of carbonyl (C=O) groups is 1. The Bertz CT molecular complexity index is 505. The minimum atomic E-state index is -1.60. The summed E-state index contributed by atoms with van der Waals surface area (Å²) in [6.07, 6.45) is 0. The first-order valence-corrected chi connectivity index (χ1v) is 5.52. The van der Waals surface area contributed by atoms with Crippen molar-refractivity contribution in [2.45, 2.75) is 5.54 Å². The van der Waals surface area contributed by atoms with E-state index >= 15 is 0 Å². The Hall–Kier alpha value is -2.23. The van der Waals surface area contributed by atoms with Gasteiger partial charge in [0.25, 0.3) is 0 Å². The lowest BCUT2D eigenvalue weighted by molar-refractivity contribution is -0.384. The molecule has 0 radical (unpaired) electrons. The van der Waals surface area contributed by atoms with E-state index < -0.39 is 47.5 Å². The van der Waals surface area contributed by atoms with Gasteiger partial charge in [0, 0.05) is 0 Å². The van der Waals surface area contributed by atoms with Crippen molar-refractivity contribution < 1.29 is 30.1 Å². The van der Waals surface area contributed by atoms with E-state index in [2.05, 4.69) is 5.32 Å². The molecule has 9 nitrogen and oxygen atoms in total. The average molecular weight is 286 g/mol. The first-order chi connectivity index (χ1) is 9.40. The van der Waals surface area contributed by atoms with Gasteiger partial charge in [-0.3, -0.25) is 10.1 Å². The van der Waals surface area contributed by atoms with Gasteiger partial charge in [-0.1, -0.05) is 6.07 Å². The number of rotatable bonds is 7. The minimum Gasteiger partial charge on any atom is -0.477 e. The lowest BCUT2D eigenvalue weighted by Crippen LogP contribution is -2.49. The molecule has 20 heavy (non-hydrogen) atoms. The van der Waals surface area contributed by atoms with Crippen molar-refractivity contribution in [3.8, 4) is 0 Å². The summed E-state index contributed by atoms with van der Waals surface area (Å²) in [7, 11) is 0. The number of hydrogen-bond donors (Lipinski definition) is 5. The third kappa shape index (κ3) is 3.02. The fraction of sp³-hybridized carbons (Fsp3) is 0.364. The van der Waals surface area contributed by atoms with Crippen molar-refractivity contribution >= 4 is 17.3 Å². The van der Waals surface area contributed by atoms with Crippen molar-refractivity contribution in [1.82, 2.24) is 0 Å². The zero-order valence-corrected chi connectivity index (χ0v) is 10.3. The topological polar surface area (TPSA) is 153 Å². The Morgan fingerprint density at radius 3 is 2.20 bits per heavy atom. The number of aromatic carboxylic acids is 1. The Morgan fingerprint density at radius 1 is 1.25 bits per heavy atom. The molecule has 0 fully saturated rings. The van der Waals surface area contributed by atoms with E-state index in [9.17, 15) is 30.2 Å². The molecule has 0 bridgehead atoms. The number of nitrogens with one attached hydrogen (secondary N) is 1. The van der Waals surface area contributed by atoms with Crippen LogP contribution < -0.4 is 5.32 Å². The van der Waals surface area contributed by atoms with Crippen molar-refractivity contribution in [1.29, 1.82) is 0 Å². The maximum atomic E-state index is 11.0. The molecule has 1 aromatic rings. The van der Waals surface area contributed by atoms with Crippen LogP contribution in [-0.2, 0) is 0 Å². The number of anilines is 1. The molecule has 0 atom stereocenters. The second-order valence-electron chi connectivity index (χ2n) is 4.14. The van der Waals surface area contributed by atoms with E-state index in [1.54, 1.807) is 0 Å². The second-order valence-corrected chi connectivity index (χ2v) is 4.14. The summed E-state index contributed by atoms with van der Waals surface area (Å²) in [4.78, 5) is 21.1. The lowest BCUT2D eigenvalue weighted by atomic mass is 10.0. The van der Waals surface area contributed by atoms with E-state index in [-0.39, 0.29) is 5.69 Å². The highest BCUT2D eigenvalue weighted by atomic mass is 16.6. The van der Waals surface area contributed by atoms with E-state index in [1.165, 1.54) is 12.1 Å². The number of nitro benzene ring substituents is 1. The number of carboxylic acids is 1. The van der Waals surface area contributed by atoms with Crippen LogP contribution in [0.5, 0.6) is 0 Å². The number of benzene rings is 1. The minimum absolute atomic E-state index is 0.216. The zero-order valence-electron chi connectivity index (χ0n) is 10.3. The summed E-state index contributed by atoms with van der Waals surface area (Å²) < 4.78 is 0. The molecule has 0 aliphatic rings. The van der Waals surface area contributed by atoms with Gasteiger partial charge >= 0.3 is 11.7 Å². The number of nitro groups is 1. The van der Waals surface area contributed by atoms with Crippen LogP contribution in [0.25, 0.3) is 0 Å². The maximum absolute atomic E-state index is 11.0. The van der Waals surface area contributed by atoms with Gasteiger partial charge in [0.2, 0.25) is 0 Å². The predicted octanol–water partition coefficient (Wildman–Crippen LogP) is -0.579. The summed E-state index contributed by atoms with van der Waals surface area (Å²) in [6, 6.07) is 3.56. The van der Waals surface area contributed by atoms with E-state index in [0.717, 1.165) is 6.07 Å². The molecule has 0 unspecified atom stereocenters. The van der Waals surface area contributed by atoms with Gasteiger partial charge in [0.05, 0.1) is 24.7 Å². The second kappa shape index (κ2) is 6.28. The molecular weight excluding hydrogens is 272 g/mol. The molecule has 0 aliphatic heterocycles. The number of aliphatic hydroxyl groups is 3. The molecule has 0 saturated carbocycles. The van der Waals surface area contributed by atoms with Crippen LogP contribution in [0, 0.1) is 10.1 Å². The third-order valence-electron chi connectivity index (χ3n) is 2.76. The van der Waals surface area contributed by atoms with Crippen LogP contribution in [0.4, 0.5) is 11.4 Å². The van der Waals surface area contributed by atoms with Gasteiger partial charge < -0.3 is 25.7 Å². The van der Waals surface area contributed by atoms with Gasteiger partial charge in [-0.15, -0.1) is 0 Å². The van der Waals surface area contributed by atoms with Gasteiger partial charge in [-0.25, -0.2) is 4.79 Å². The summed E-state index contributed by atoms with van der Waals surface area (Å²) >= 11 is 0. The fourth-order valence-corrected chi connectivity index (χ4v) is 1.57. The summed E-state index contributed by atoms with van der Waals surface area (Å²) in [6.45, 7) is -2.10. The number of hydrogen-bond acceptors (Lipinski definition) is 7. The zero-order chi connectivity index (χ0) is 15.3. The molecule has 1 rings (SSSR count). The van der Waals surface area contributed by atoms with Crippen LogP contribution in [0.3, 0.4) is 0 Å². The third-order valence-corrected chi connectivity index (χ3v) is 2.76. The van der Waals surface area contributed by atoms with E-state index in [4.69, 9.17) is 5.11 Å². The highest BCUT2D eigenvalue weighted by Gasteiger charge is 2.32. The fourth-order valence-electron chi connectivity index (χ4n) is 1.57. The molecule has 5 N–H and O–H groups in total. The van der Waals surface area contributed by atoms with E-state index in [1.807, 2.05) is 0 Å². The monoisotopic (exact) mass is 286 g/mol. The maximum Gasteiger partial charge on any atom is 0.342 e. The smallest absolute Gasteiger partial charge is 0.342 e. The summed E-state index contributed by atoms with van der Waals surface area (Å²) in [5, 5.41) is 49.9. The van der Waals surface area contributed by atoms with Crippen molar-refractivity contribution in [2.75, 3.05) is 25.1 Å². The van der Waals surface area contributed by atoms with Crippen LogP contribution in [0.1, 0.15) is 10.4 Å². The average Bonchev–Trinajstić information content (AvgIpc) is 2.44. The lowest BCUT2D eigenvalue weighted by Gasteiger charge is -2.29. The van der Waals surface area contributed by atoms with Crippen LogP contribution in [-0.4, -0.2) is 56.7 Å². The Morgan fingerprint density at radius 2 is 1.80 bits per heavy atom. The van der Waals surface area contributed by atoms with E-state index in [0.29, 0.717) is 0 Å². The molecule has 0 saturated heterocycles. The molecule has 0 aliphatic carbocycles. The Balaban J connectivity index is 3.35. The standard InChI is InChI=1S/C11H14N2O7/c14-4-11(5-15,6-16)12-8-3-1-2-7(10(17)18)9(8)13(19)20/h1-3,12,14-16H,4-6H2,(H,17,18). The molecule has 9 heteroatoms. The molecule has 1 aromatic carbocycles. The SMILES string of the molecule is O=C(O)c1cccc(NC(CO)(CO)CO)c1[N+](=O)[O-]. The van der Waals surface area contributed by atoms with Gasteiger partial charge in [-0.05, 0) is 12.1 Å². The highest BCUT2D eigenvalue weighted by Crippen LogP contribution is 2.30. The number of aliphatic hydroxyl groups excluding tert-OH is 3. The molecule has 110 valence electrons. The molecular formula is C11H14N2O7. The largest absolute Gasteiger partial charge is 0.477 e. The Labute approximate surface area is 113 Å². The summed E-state index contributed by atoms with van der Waals surface area (Å²) in [5.41, 5.74) is -3.06. The van der Waals surface area contributed by atoms with Crippen molar-refractivity contribution in [3.63, 3.8) is 0 Å². The number of para-hydroxylation sites is 1. The highest BCUT2D eigenvalue weighted by molar-refractivity contribution is 5.95. The molecule has 0 heterocycles. The normalized spacial score (nSPS) is 11.2. The van der Waals surface area contributed by atoms with Crippen LogP contribution in [0.2, 0.25) is 0 Å². The first kappa shape index (κ1) is 15.8. The van der Waals surface area contributed by atoms with Gasteiger partial charge in [-0.2, -0.15) is 0 Å². The summed E-state index contributed by atoms with van der Waals surface area (Å²) in [5.74, 6) is -1.48. The van der Waals surface area contributed by atoms with Crippen LogP contribution >= 0.6 is 0 Å². The molecule has 0 spiro atoms. The molecule has 0 amide bonds. The van der Waals surface area contributed by atoms with Crippen molar-refractivity contribution in [3.05, 3.63) is 33.9 Å². The molecule has 0 aromatic heterocycles. The first-order valence-electron chi connectivity index (χ1n) is 5.52. The van der Waals surface area contributed by atoms with Gasteiger partial charge in [0.1, 0.15) is 16.8 Å². The van der Waals surface area contributed by atoms with Gasteiger partial charge in [0.15, 0.2) is 0 Å². The number of nitrogens with zero attached hydrogens (tertiary/aromatic N) is 1. The Kier molecular flexibility index (Phi) is 4.97. The predicted molar refractivity (Wildman–Crippen MR) is 67.7 cm³/mol. The quantitative estimate of drug-likeness (QED) is 0.329. The number of carboxylic acid groups (broad SMARTS) is 1. The van der Waals surface area contributed by atoms with Crippen LogP contribution in [0.15, 0.2) is 18.2 Å². The van der Waals surface area contributed by atoms with Crippen molar-refractivity contribution in [2.24, 2.45) is 0 Å².